The second-order valence-corrected chi connectivity index (χ2v) is 8.22. The maximum atomic E-state index is 12.1. The van der Waals surface area contributed by atoms with Crippen LogP contribution in [0.1, 0.15) is 59.3 Å². The zero-order valence-electron chi connectivity index (χ0n) is 15.0. The summed E-state index contributed by atoms with van der Waals surface area (Å²) in [5, 5.41) is 12.9. The molecule has 1 aliphatic heterocycles. The van der Waals surface area contributed by atoms with Crippen molar-refractivity contribution in [3.8, 4) is 0 Å². The van der Waals surface area contributed by atoms with Gasteiger partial charge in [-0.2, -0.15) is 0 Å². The highest BCUT2D eigenvalue weighted by Gasteiger charge is 2.27. The van der Waals surface area contributed by atoms with Gasteiger partial charge in [0.25, 0.3) is 0 Å². The highest BCUT2D eigenvalue weighted by Crippen LogP contribution is 2.25. The summed E-state index contributed by atoms with van der Waals surface area (Å²) in [4.78, 5) is 13.9. The fourth-order valence-corrected chi connectivity index (χ4v) is 3.53. The lowest BCUT2D eigenvalue weighted by Gasteiger charge is -2.35. The molecule has 0 spiro atoms. The number of carbonyl (C=O) groups is 1. The van der Waals surface area contributed by atoms with Crippen molar-refractivity contribution in [1.82, 2.24) is 10.2 Å². The van der Waals surface area contributed by atoms with Gasteiger partial charge in [0.15, 0.2) is 0 Å². The largest absolute Gasteiger partial charge is 0.444 e. The van der Waals surface area contributed by atoms with Crippen molar-refractivity contribution in [2.75, 3.05) is 26.2 Å². The van der Waals surface area contributed by atoms with Crippen LogP contribution in [0.2, 0.25) is 0 Å². The van der Waals surface area contributed by atoms with Gasteiger partial charge in [0.05, 0.1) is 0 Å². The van der Waals surface area contributed by atoms with Gasteiger partial charge in [-0.25, -0.2) is 4.79 Å². The van der Waals surface area contributed by atoms with E-state index in [1.54, 1.807) is 0 Å². The lowest BCUT2D eigenvalue weighted by atomic mass is 9.86. The molecule has 1 heterocycles. The molecule has 0 unspecified atom stereocenters. The number of rotatable bonds is 4. The third kappa shape index (κ3) is 6.30. The van der Waals surface area contributed by atoms with E-state index < -0.39 is 5.60 Å². The van der Waals surface area contributed by atoms with E-state index >= 15 is 0 Å². The van der Waals surface area contributed by atoms with Crippen LogP contribution in [-0.2, 0) is 4.74 Å². The topological polar surface area (TPSA) is 61.8 Å². The van der Waals surface area contributed by atoms with Gasteiger partial charge in [-0.15, -0.1) is 0 Å². The normalized spacial score (nSPS) is 27.0. The quantitative estimate of drug-likeness (QED) is 0.834. The summed E-state index contributed by atoms with van der Waals surface area (Å²) >= 11 is 0. The average molecular weight is 326 g/mol. The summed E-state index contributed by atoms with van der Waals surface area (Å²) in [7, 11) is 0. The number of nitrogens with zero attached hydrogens (tertiary/aromatic N) is 1. The molecule has 2 aliphatic rings. The number of amides is 1. The fourth-order valence-electron chi connectivity index (χ4n) is 3.53. The SMILES string of the molecule is CC(C)(C)OC(=O)N1CCC(CNC2CCC(CO)CC2)CC1. The Kier molecular flexibility index (Phi) is 6.72. The molecular weight excluding hydrogens is 292 g/mol. The molecule has 2 fully saturated rings. The standard InChI is InChI=1S/C18H34N2O3/c1-18(2,3)23-17(22)20-10-8-14(9-11-20)12-19-16-6-4-15(13-21)5-7-16/h14-16,19,21H,4-13H2,1-3H3. The number of piperidine rings is 1. The van der Waals surface area contributed by atoms with Crippen molar-refractivity contribution < 1.29 is 14.6 Å². The van der Waals surface area contributed by atoms with E-state index in [4.69, 9.17) is 4.74 Å². The van der Waals surface area contributed by atoms with Crippen LogP contribution in [0.15, 0.2) is 0 Å². The number of hydrogen-bond acceptors (Lipinski definition) is 4. The maximum Gasteiger partial charge on any atom is 0.410 e. The first-order valence-electron chi connectivity index (χ1n) is 9.19. The Hall–Kier alpha value is -0.810. The van der Waals surface area contributed by atoms with Gasteiger partial charge in [-0.1, -0.05) is 0 Å². The predicted octanol–water partition coefficient (Wildman–Crippen LogP) is 2.77. The first-order valence-corrected chi connectivity index (χ1v) is 9.19. The molecule has 1 amide bonds. The van der Waals surface area contributed by atoms with Crippen LogP contribution in [0, 0.1) is 11.8 Å². The Labute approximate surface area is 140 Å². The monoisotopic (exact) mass is 326 g/mol. The lowest BCUT2D eigenvalue weighted by molar-refractivity contribution is 0.0182. The molecule has 134 valence electrons. The fraction of sp³-hybridized carbons (Fsp3) is 0.944. The van der Waals surface area contributed by atoms with Gasteiger partial charge in [0.2, 0.25) is 0 Å². The molecule has 0 bridgehead atoms. The molecule has 1 aliphatic carbocycles. The number of ether oxygens (including phenoxy) is 1. The van der Waals surface area contributed by atoms with Crippen LogP contribution in [0.5, 0.6) is 0 Å². The molecule has 0 aromatic rings. The van der Waals surface area contributed by atoms with Gasteiger partial charge in [0, 0.05) is 25.7 Å². The van der Waals surface area contributed by atoms with Gasteiger partial charge < -0.3 is 20.1 Å². The second-order valence-electron chi connectivity index (χ2n) is 8.22. The molecule has 1 saturated heterocycles. The number of carbonyl (C=O) groups excluding carboxylic acids is 1. The van der Waals surface area contributed by atoms with E-state index in [-0.39, 0.29) is 6.09 Å². The molecule has 2 rings (SSSR count). The first kappa shape index (κ1) is 18.5. The molecule has 23 heavy (non-hydrogen) atoms. The number of nitrogens with one attached hydrogen (secondary N) is 1. The Bertz CT molecular complexity index is 365. The smallest absolute Gasteiger partial charge is 0.410 e. The summed E-state index contributed by atoms with van der Waals surface area (Å²) < 4.78 is 5.44. The van der Waals surface area contributed by atoms with Gasteiger partial charge >= 0.3 is 6.09 Å². The highest BCUT2D eigenvalue weighted by atomic mass is 16.6. The molecule has 2 N–H and O–H groups in total. The van der Waals surface area contributed by atoms with Crippen molar-refractivity contribution in [1.29, 1.82) is 0 Å². The Morgan fingerprint density at radius 2 is 1.70 bits per heavy atom. The van der Waals surface area contributed by atoms with Crippen LogP contribution in [0.25, 0.3) is 0 Å². The van der Waals surface area contributed by atoms with Crippen molar-refractivity contribution in [3.05, 3.63) is 0 Å². The summed E-state index contributed by atoms with van der Waals surface area (Å²) in [5.74, 6) is 1.18. The zero-order valence-corrected chi connectivity index (χ0v) is 15.0. The van der Waals surface area contributed by atoms with Crippen LogP contribution >= 0.6 is 0 Å². The number of likely N-dealkylation sites (tertiary alicyclic amines) is 1. The number of aliphatic hydroxyl groups excluding tert-OH is 1. The minimum atomic E-state index is -0.414. The van der Waals surface area contributed by atoms with E-state index in [1.165, 1.54) is 12.8 Å². The first-order chi connectivity index (χ1) is 10.9. The number of hydrogen-bond donors (Lipinski definition) is 2. The maximum absolute atomic E-state index is 12.1. The highest BCUT2D eigenvalue weighted by molar-refractivity contribution is 5.68. The molecule has 0 atom stereocenters. The second kappa shape index (κ2) is 8.34. The van der Waals surface area contributed by atoms with Crippen molar-refractivity contribution in [2.45, 2.75) is 70.9 Å². The Balaban J connectivity index is 1.62. The van der Waals surface area contributed by atoms with E-state index in [0.717, 1.165) is 45.3 Å². The van der Waals surface area contributed by atoms with Crippen molar-refractivity contribution in [3.63, 3.8) is 0 Å². The summed E-state index contributed by atoms with van der Waals surface area (Å²) in [6, 6.07) is 0.613. The van der Waals surface area contributed by atoms with Gasteiger partial charge in [-0.3, -0.25) is 0 Å². The van der Waals surface area contributed by atoms with Gasteiger partial charge in [0.1, 0.15) is 5.60 Å². The molecular formula is C18H34N2O3. The van der Waals surface area contributed by atoms with E-state index in [1.807, 2.05) is 25.7 Å². The molecule has 5 heteroatoms. The third-order valence-electron chi connectivity index (χ3n) is 5.07. The van der Waals surface area contributed by atoms with E-state index in [0.29, 0.717) is 24.5 Å². The molecule has 1 saturated carbocycles. The Morgan fingerprint density at radius 1 is 1.09 bits per heavy atom. The number of aliphatic hydroxyl groups is 1. The summed E-state index contributed by atoms with van der Waals surface area (Å²) in [5.41, 5.74) is -0.414. The average Bonchev–Trinajstić information content (AvgIpc) is 2.52. The molecule has 0 aromatic heterocycles. The minimum Gasteiger partial charge on any atom is -0.444 e. The van der Waals surface area contributed by atoms with Gasteiger partial charge in [-0.05, 0) is 77.7 Å². The van der Waals surface area contributed by atoms with E-state index in [9.17, 15) is 9.90 Å². The third-order valence-corrected chi connectivity index (χ3v) is 5.07. The zero-order chi connectivity index (χ0) is 16.9. The molecule has 0 aromatic carbocycles. The van der Waals surface area contributed by atoms with Crippen LogP contribution in [0.4, 0.5) is 4.79 Å². The van der Waals surface area contributed by atoms with E-state index in [2.05, 4.69) is 5.32 Å². The van der Waals surface area contributed by atoms with Crippen LogP contribution in [0.3, 0.4) is 0 Å². The van der Waals surface area contributed by atoms with Crippen LogP contribution in [-0.4, -0.2) is 54.0 Å². The summed E-state index contributed by atoms with van der Waals surface area (Å²) in [6.07, 6.45) is 6.59. The van der Waals surface area contributed by atoms with Crippen molar-refractivity contribution >= 4 is 6.09 Å². The Morgan fingerprint density at radius 3 is 2.22 bits per heavy atom. The predicted molar refractivity (Wildman–Crippen MR) is 91.4 cm³/mol. The molecule has 0 radical (unpaired) electrons. The van der Waals surface area contributed by atoms with Crippen LogP contribution < -0.4 is 5.32 Å². The molecule has 5 nitrogen and oxygen atoms in total. The lowest BCUT2D eigenvalue weighted by Crippen LogP contribution is -2.44. The summed E-state index contributed by atoms with van der Waals surface area (Å²) in [6.45, 7) is 8.73. The minimum absolute atomic E-state index is 0.175. The van der Waals surface area contributed by atoms with Crippen molar-refractivity contribution in [2.24, 2.45) is 11.8 Å².